The van der Waals surface area contributed by atoms with E-state index in [-0.39, 0.29) is 13.2 Å². The molecular weight excluding hydrogens is 306 g/mol. The smallest absolute Gasteiger partial charge is 0.220 e. The van der Waals surface area contributed by atoms with Gasteiger partial charge in [0, 0.05) is 37.0 Å². The zero-order valence-corrected chi connectivity index (χ0v) is 13.3. The molecule has 3 aromatic rings. The number of rotatable bonds is 2. The minimum Gasteiger partial charge on any atom is -0.378 e. The summed E-state index contributed by atoms with van der Waals surface area (Å²) < 4.78 is 5.42. The Bertz CT molecular complexity index is 957. The molecule has 0 atom stereocenters. The maximum atomic E-state index is 11.7. The molecule has 1 aliphatic rings. The molecule has 124 valence electrons. The number of nitrogens with two attached hydrogens (primary N) is 1. The Morgan fingerprint density at radius 2 is 2.04 bits per heavy atom. The van der Waals surface area contributed by atoms with Gasteiger partial charge in [-0.3, -0.25) is 4.79 Å². The third-order valence-corrected chi connectivity index (χ3v) is 4.25. The van der Waals surface area contributed by atoms with Crippen LogP contribution in [0.15, 0.2) is 24.4 Å². The van der Waals surface area contributed by atoms with Gasteiger partial charge in [-0.2, -0.15) is 0 Å². The first kappa shape index (κ1) is 14.8. The van der Waals surface area contributed by atoms with Gasteiger partial charge < -0.3 is 15.4 Å². The lowest BCUT2D eigenvalue weighted by atomic mass is 10.1. The van der Waals surface area contributed by atoms with Gasteiger partial charge in [0.25, 0.3) is 0 Å². The van der Waals surface area contributed by atoms with Crippen LogP contribution in [0, 0.1) is 0 Å². The Hall–Kier alpha value is -2.80. The topological polar surface area (TPSA) is 94.2 Å². The number of pyridine rings is 1. The maximum Gasteiger partial charge on any atom is 0.220 e. The molecule has 0 unspecified atom stereocenters. The molecule has 0 radical (unpaired) electrons. The monoisotopic (exact) mass is 325 g/mol. The third-order valence-electron chi connectivity index (χ3n) is 4.25. The van der Waals surface area contributed by atoms with Crippen molar-refractivity contribution < 1.29 is 11.0 Å². The lowest BCUT2D eigenvalue weighted by Gasteiger charge is -2.28. The van der Waals surface area contributed by atoms with Crippen molar-refractivity contribution in [1.82, 2.24) is 15.0 Å². The van der Waals surface area contributed by atoms with E-state index in [2.05, 4.69) is 14.9 Å². The lowest BCUT2D eigenvalue weighted by molar-refractivity contribution is 0.101. The summed E-state index contributed by atoms with van der Waals surface area (Å²) in [6, 6.07) is 5.51. The van der Waals surface area contributed by atoms with Crippen LogP contribution in [0.25, 0.3) is 21.8 Å². The zero-order chi connectivity index (χ0) is 16.7. The van der Waals surface area contributed by atoms with Crippen molar-refractivity contribution in [3.05, 3.63) is 30.0 Å². The first-order valence-corrected chi connectivity index (χ1v) is 7.83. The number of morpholine rings is 1. The molecule has 0 amide bonds. The number of ether oxygens (including phenoxy) is 1. The number of aromatic nitrogens is 3. The standard InChI is InChI=1S/C17H17N5O2.H2/c1-10(23)11-2-3-12-13-9-19-17(18)21-15(13)16(20-14(12)8-11)22-4-6-24-7-5-22;/h2-3,8-9H,4-7H2,1H3,(H2,18,19,21);1H. The van der Waals surface area contributed by atoms with E-state index in [1.54, 1.807) is 19.2 Å². The van der Waals surface area contributed by atoms with E-state index in [0.717, 1.165) is 40.7 Å². The molecule has 0 bridgehead atoms. The van der Waals surface area contributed by atoms with E-state index >= 15 is 0 Å². The molecule has 0 spiro atoms. The van der Waals surface area contributed by atoms with Crippen LogP contribution >= 0.6 is 0 Å². The van der Waals surface area contributed by atoms with Crippen LogP contribution in [0.3, 0.4) is 0 Å². The van der Waals surface area contributed by atoms with E-state index in [1.165, 1.54) is 0 Å². The van der Waals surface area contributed by atoms with Gasteiger partial charge in [-0.1, -0.05) is 12.1 Å². The normalized spacial score (nSPS) is 15.1. The van der Waals surface area contributed by atoms with Gasteiger partial charge in [-0.25, -0.2) is 15.0 Å². The second-order valence-corrected chi connectivity index (χ2v) is 5.81. The largest absolute Gasteiger partial charge is 0.378 e. The average Bonchev–Trinajstić information content (AvgIpc) is 2.61. The van der Waals surface area contributed by atoms with Gasteiger partial charge in [-0.15, -0.1) is 0 Å². The molecule has 24 heavy (non-hydrogen) atoms. The third kappa shape index (κ3) is 2.43. The van der Waals surface area contributed by atoms with Crippen LogP contribution in [0.4, 0.5) is 11.8 Å². The highest BCUT2D eigenvalue weighted by molar-refractivity contribution is 6.10. The molecule has 1 saturated heterocycles. The van der Waals surface area contributed by atoms with Crippen molar-refractivity contribution >= 4 is 39.4 Å². The summed E-state index contributed by atoms with van der Waals surface area (Å²) in [4.78, 5) is 27.2. The number of benzene rings is 1. The molecule has 3 heterocycles. The van der Waals surface area contributed by atoms with E-state index < -0.39 is 0 Å². The van der Waals surface area contributed by atoms with Gasteiger partial charge in [0.1, 0.15) is 5.52 Å². The molecule has 0 aliphatic carbocycles. The summed E-state index contributed by atoms with van der Waals surface area (Å²) in [5.74, 6) is 0.995. The number of ketones is 1. The van der Waals surface area contributed by atoms with E-state index in [4.69, 9.17) is 15.5 Å². The van der Waals surface area contributed by atoms with E-state index in [0.29, 0.717) is 18.8 Å². The van der Waals surface area contributed by atoms with Crippen LogP contribution in [-0.2, 0) is 4.74 Å². The number of fused-ring (bicyclic) bond motifs is 3. The molecular formula is C17H19N5O2. The van der Waals surface area contributed by atoms with Gasteiger partial charge >= 0.3 is 0 Å². The Kier molecular flexibility index (Phi) is 3.50. The quantitative estimate of drug-likeness (QED) is 0.569. The van der Waals surface area contributed by atoms with Crippen LogP contribution in [0.2, 0.25) is 0 Å². The summed E-state index contributed by atoms with van der Waals surface area (Å²) in [6.07, 6.45) is 1.72. The fourth-order valence-electron chi connectivity index (χ4n) is 3.00. The highest BCUT2D eigenvalue weighted by Crippen LogP contribution is 2.31. The fourth-order valence-corrected chi connectivity index (χ4v) is 3.00. The SMILES string of the molecule is CC(=O)c1ccc2c(c1)nc(N1CCOCC1)c1nc(N)ncc12.[HH]. The average molecular weight is 325 g/mol. The van der Waals surface area contributed by atoms with Crippen LogP contribution in [0.1, 0.15) is 18.7 Å². The van der Waals surface area contributed by atoms with Crippen molar-refractivity contribution in [2.45, 2.75) is 6.92 Å². The van der Waals surface area contributed by atoms with E-state index in [9.17, 15) is 4.79 Å². The van der Waals surface area contributed by atoms with Gasteiger partial charge in [0.05, 0.1) is 18.7 Å². The first-order chi connectivity index (χ1) is 11.6. The number of Topliss-reactive ketones (excluding diaryl/α,β-unsaturated/α-hetero) is 1. The molecule has 1 fully saturated rings. The zero-order valence-electron chi connectivity index (χ0n) is 13.3. The minimum atomic E-state index is 0. The second kappa shape index (κ2) is 5.68. The van der Waals surface area contributed by atoms with Gasteiger partial charge in [0.15, 0.2) is 11.6 Å². The number of anilines is 2. The Morgan fingerprint density at radius 3 is 2.79 bits per heavy atom. The summed E-state index contributed by atoms with van der Waals surface area (Å²) in [5, 5.41) is 1.79. The molecule has 2 aromatic heterocycles. The minimum absolute atomic E-state index is 0. The second-order valence-electron chi connectivity index (χ2n) is 5.81. The molecule has 7 heteroatoms. The number of hydrogen-bond acceptors (Lipinski definition) is 7. The van der Waals surface area contributed by atoms with Crippen molar-refractivity contribution in [2.24, 2.45) is 0 Å². The molecule has 1 aromatic carbocycles. The summed E-state index contributed by atoms with van der Waals surface area (Å²) in [5.41, 5.74) is 7.91. The van der Waals surface area contributed by atoms with Crippen molar-refractivity contribution in [1.29, 1.82) is 0 Å². The molecule has 7 nitrogen and oxygen atoms in total. The lowest BCUT2D eigenvalue weighted by Crippen LogP contribution is -2.37. The van der Waals surface area contributed by atoms with Gasteiger partial charge in [-0.05, 0) is 13.0 Å². The summed E-state index contributed by atoms with van der Waals surface area (Å²) >= 11 is 0. The Morgan fingerprint density at radius 1 is 1.25 bits per heavy atom. The molecule has 0 saturated carbocycles. The number of nitrogen functional groups attached to an aromatic ring is 1. The Labute approximate surface area is 139 Å². The summed E-state index contributed by atoms with van der Waals surface area (Å²) in [7, 11) is 0. The molecule has 2 N–H and O–H groups in total. The number of hydrogen-bond donors (Lipinski definition) is 1. The highest BCUT2D eigenvalue weighted by Gasteiger charge is 2.19. The number of carbonyl (C=O) groups excluding carboxylic acids is 1. The number of carbonyl (C=O) groups is 1. The van der Waals surface area contributed by atoms with Crippen LogP contribution in [-0.4, -0.2) is 47.0 Å². The van der Waals surface area contributed by atoms with E-state index in [1.807, 2.05) is 12.1 Å². The Balaban J connectivity index is 0.00000182. The first-order valence-electron chi connectivity index (χ1n) is 7.83. The summed E-state index contributed by atoms with van der Waals surface area (Å²) in [6.45, 7) is 4.33. The van der Waals surface area contributed by atoms with Crippen LogP contribution in [0.5, 0.6) is 0 Å². The number of nitrogens with zero attached hydrogens (tertiary/aromatic N) is 4. The van der Waals surface area contributed by atoms with Crippen molar-refractivity contribution in [3.63, 3.8) is 0 Å². The molecule has 4 rings (SSSR count). The van der Waals surface area contributed by atoms with Gasteiger partial charge in [0.2, 0.25) is 5.95 Å². The maximum absolute atomic E-state index is 11.7. The fraction of sp³-hybridized carbons (Fsp3) is 0.294. The van der Waals surface area contributed by atoms with Crippen LogP contribution < -0.4 is 10.6 Å². The predicted octanol–water partition coefficient (Wildman–Crippen LogP) is 2.05. The predicted molar refractivity (Wildman–Crippen MR) is 94.4 cm³/mol. The highest BCUT2D eigenvalue weighted by atomic mass is 16.5. The van der Waals surface area contributed by atoms with Crippen molar-refractivity contribution in [3.8, 4) is 0 Å². The molecule has 1 aliphatic heterocycles. The van der Waals surface area contributed by atoms with Crippen molar-refractivity contribution in [2.75, 3.05) is 36.9 Å².